The Hall–Kier alpha value is -1.22. The zero-order chi connectivity index (χ0) is 14.0. The molecule has 0 radical (unpaired) electrons. The van der Waals surface area contributed by atoms with Gasteiger partial charge in [0.05, 0.1) is 6.54 Å². The van der Waals surface area contributed by atoms with Crippen LogP contribution in [0.1, 0.15) is 34.2 Å². The number of carbonyl (C=O) groups is 1. The normalized spacial score (nSPS) is 11.4. The summed E-state index contributed by atoms with van der Waals surface area (Å²) in [4.78, 5) is 11.1. The van der Waals surface area contributed by atoms with Gasteiger partial charge in [-0.05, 0) is 37.6 Å². The molecule has 1 N–H and O–H groups in total. The van der Waals surface area contributed by atoms with Crippen molar-refractivity contribution in [2.45, 2.75) is 34.1 Å². The fourth-order valence-corrected chi connectivity index (χ4v) is 1.26. The topological polar surface area (TPSA) is 29.1 Å². The Balaban J connectivity index is 0. The summed E-state index contributed by atoms with van der Waals surface area (Å²) in [6, 6.07) is 6.50. The number of hydrogen-bond acceptors (Lipinski definition) is 2. The van der Waals surface area contributed by atoms with Gasteiger partial charge in [0.25, 0.3) is 0 Å². The van der Waals surface area contributed by atoms with E-state index < -0.39 is 0 Å². The molecule has 0 amide bonds. The summed E-state index contributed by atoms with van der Waals surface area (Å²) in [5.41, 5.74) is 0.963. The van der Waals surface area contributed by atoms with Gasteiger partial charge in [0, 0.05) is 7.34 Å². The lowest BCUT2D eigenvalue weighted by atomic mass is 10.0. The second-order valence-corrected chi connectivity index (χ2v) is 4.35. The lowest BCUT2D eigenvalue weighted by molar-refractivity contribution is -0.121. The molecule has 0 aromatic heterocycles. The van der Waals surface area contributed by atoms with Crippen LogP contribution in [-0.2, 0) is 4.79 Å². The van der Waals surface area contributed by atoms with Gasteiger partial charge in [-0.15, -0.1) is 0 Å². The number of hydrogen-bond donors (Lipinski definition) is 1. The molecule has 0 saturated carbocycles. The van der Waals surface area contributed by atoms with E-state index in [1.54, 1.807) is 6.07 Å². The van der Waals surface area contributed by atoms with Crippen molar-refractivity contribution in [1.29, 1.82) is 0 Å². The second-order valence-electron chi connectivity index (χ2n) is 4.35. The molecular weight excluding hydrogens is 229 g/mol. The maximum Gasteiger partial charge on any atom is 0.149 e. The number of halogens is 1. The molecule has 0 saturated heterocycles. The zero-order valence-electron chi connectivity index (χ0n) is 11.8. The molecule has 0 aliphatic carbocycles. The minimum Gasteiger partial charge on any atom is -0.310 e. The largest absolute Gasteiger partial charge is 0.310 e. The fraction of sp³-hybridized carbons (Fsp3) is 0.533. The van der Waals surface area contributed by atoms with Gasteiger partial charge < -0.3 is 5.32 Å². The smallest absolute Gasteiger partial charge is 0.149 e. The predicted molar refractivity (Wildman–Crippen MR) is 76.3 cm³/mol. The zero-order valence-corrected chi connectivity index (χ0v) is 11.8. The molecule has 0 aliphatic heterocycles. The molecular formula is C15H26FNO. The standard InChI is InChI=1S/C8H17NO.C7H7F.H2/c1-4-7(3)8(10)6-9-5-2;1-6-3-2-4-7(8)5-6;/h7,9H,4-6H2,1-3H3;2-5H,1H3;1H. The highest BCUT2D eigenvalue weighted by molar-refractivity contribution is 5.82. The van der Waals surface area contributed by atoms with Crippen molar-refractivity contribution in [2.24, 2.45) is 5.92 Å². The monoisotopic (exact) mass is 255 g/mol. The summed E-state index contributed by atoms with van der Waals surface area (Å²) >= 11 is 0. The van der Waals surface area contributed by atoms with Crippen LogP contribution in [0.3, 0.4) is 0 Å². The van der Waals surface area contributed by atoms with E-state index >= 15 is 0 Å². The van der Waals surface area contributed by atoms with Gasteiger partial charge in [-0.25, -0.2) is 4.39 Å². The van der Waals surface area contributed by atoms with Gasteiger partial charge in [0.1, 0.15) is 11.6 Å². The highest BCUT2D eigenvalue weighted by Crippen LogP contribution is 2.00. The first-order valence-electron chi connectivity index (χ1n) is 6.46. The first kappa shape index (κ1) is 16.8. The van der Waals surface area contributed by atoms with Crippen LogP contribution in [0.15, 0.2) is 24.3 Å². The summed E-state index contributed by atoms with van der Waals surface area (Å²) in [5.74, 6) is 0.383. The van der Waals surface area contributed by atoms with Crippen LogP contribution < -0.4 is 5.32 Å². The van der Waals surface area contributed by atoms with Gasteiger partial charge in [0.15, 0.2) is 0 Å². The second kappa shape index (κ2) is 9.77. The summed E-state index contributed by atoms with van der Waals surface area (Å²) in [6.07, 6.45) is 0.949. The third kappa shape index (κ3) is 7.96. The Morgan fingerprint density at radius 3 is 2.50 bits per heavy atom. The van der Waals surface area contributed by atoms with E-state index in [4.69, 9.17) is 0 Å². The van der Waals surface area contributed by atoms with Crippen molar-refractivity contribution in [3.8, 4) is 0 Å². The molecule has 0 spiro atoms. The molecule has 1 atom stereocenters. The van der Waals surface area contributed by atoms with Gasteiger partial charge in [-0.2, -0.15) is 0 Å². The van der Waals surface area contributed by atoms with Crippen LogP contribution in [0.4, 0.5) is 4.39 Å². The molecule has 0 aliphatic rings. The highest BCUT2D eigenvalue weighted by Gasteiger charge is 2.08. The Morgan fingerprint density at radius 2 is 2.11 bits per heavy atom. The van der Waals surface area contributed by atoms with Crippen molar-refractivity contribution in [3.63, 3.8) is 0 Å². The molecule has 1 unspecified atom stereocenters. The third-order valence-electron chi connectivity index (χ3n) is 2.69. The molecule has 0 fully saturated rings. The van der Waals surface area contributed by atoms with Crippen LogP contribution in [-0.4, -0.2) is 18.9 Å². The molecule has 1 aromatic carbocycles. The molecule has 1 aromatic rings. The predicted octanol–water partition coefficient (Wildman–Crippen LogP) is 3.59. The van der Waals surface area contributed by atoms with E-state index in [-0.39, 0.29) is 13.2 Å². The first-order chi connectivity index (χ1) is 8.51. The maximum absolute atomic E-state index is 12.2. The number of carbonyl (C=O) groups excluding carboxylic acids is 1. The van der Waals surface area contributed by atoms with Crippen LogP contribution in [0.5, 0.6) is 0 Å². The molecule has 18 heavy (non-hydrogen) atoms. The quantitative estimate of drug-likeness (QED) is 0.871. The number of Topliss-reactive ketones (excluding diaryl/α,β-unsaturated/α-hetero) is 1. The molecule has 104 valence electrons. The summed E-state index contributed by atoms with van der Waals surface area (Å²) in [7, 11) is 0. The lowest BCUT2D eigenvalue weighted by Crippen LogP contribution is -2.26. The van der Waals surface area contributed by atoms with Crippen LogP contribution in [0.2, 0.25) is 0 Å². The number of nitrogens with one attached hydrogen (secondary N) is 1. The van der Waals surface area contributed by atoms with Crippen LogP contribution in [0.25, 0.3) is 0 Å². The van der Waals surface area contributed by atoms with Gasteiger partial charge in [0.2, 0.25) is 0 Å². The Bertz CT molecular complexity index is 341. The van der Waals surface area contributed by atoms with Gasteiger partial charge >= 0.3 is 0 Å². The van der Waals surface area contributed by atoms with E-state index in [0.29, 0.717) is 12.3 Å². The molecule has 3 heteroatoms. The van der Waals surface area contributed by atoms with E-state index in [0.717, 1.165) is 18.5 Å². The maximum atomic E-state index is 12.2. The van der Waals surface area contributed by atoms with E-state index in [1.165, 1.54) is 12.1 Å². The fourth-order valence-electron chi connectivity index (χ4n) is 1.26. The minimum absolute atomic E-state index is 0. The number of aryl methyl sites for hydroxylation is 1. The molecule has 0 bridgehead atoms. The summed E-state index contributed by atoms with van der Waals surface area (Å²) < 4.78 is 12.2. The van der Waals surface area contributed by atoms with E-state index in [1.807, 2.05) is 33.8 Å². The number of likely N-dealkylation sites (N-methyl/N-ethyl adjacent to an activating group) is 1. The number of rotatable bonds is 5. The summed E-state index contributed by atoms with van der Waals surface area (Å²) in [5, 5.41) is 3.01. The average Bonchev–Trinajstić information content (AvgIpc) is 2.35. The van der Waals surface area contributed by atoms with Crippen molar-refractivity contribution >= 4 is 5.78 Å². The minimum atomic E-state index is -0.162. The number of benzene rings is 1. The molecule has 2 nitrogen and oxygen atoms in total. The average molecular weight is 255 g/mol. The van der Waals surface area contributed by atoms with Gasteiger partial charge in [-0.3, -0.25) is 4.79 Å². The Morgan fingerprint density at radius 1 is 1.44 bits per heavy atom. The highest BCUT2D eigenvalue weighted by atomic mass is 19.1. The van der Waals surface area contributed by atoms with Crippen molar-refractivity contribution in [2.75, 3.05) is 13.1 Å². The SMILES string of the molecule is CCNCC(=O)C(C)CC.Cc1cccc(F)c1.[HH]. The Kier molecular flexibility index (Phi) is 9.11. The molecule has 0 heterocycles. The first-order valence-corrected chi connectivity index (χ1v) is 6.46. The Labute approximate surface area is 111 Å². The van der Waals surface area contributed by atoms with Crippen molar-refractivity contribution in [3.05, 3.63) is 35.6 Å². The van der Waals surface area contributed by atoms with Crippen molar-refractivity contribution in [1.82, 2.24) is 5.32 Å². The van der Waals surface area contributed by atoms with E-state index in [9.17, 15) is 9.18 Å². The molecule has 1 rings (SSSR count). The third-order valence-corrected chi connectivity index (χ3v) is 2.69. The van der Waals surface area contributed by atoms with Crippen LogP contribution >= 0.6 is 0 Å². The van der Waals surface area contributed by atoms with Gasteiger partial charge in [-0.1, -0.05) is 32.9 Å². The summed E-state index contributed by atoms with van der Waals surface area (Å²) in [6.45, 7) is 9.29. The number of ketones is 1. The van der Waals surface area contributed by atoms with E-state index in [2.05, 4.69) is 5.32 Å². The van der Waals surface area contributed by atoms with Crippen LogP contribution in [0, 0.1) is 18.7 Å². The van der Waals surface area contributed by atoms with Crippen molar-refractivity contribution < 1.29 is 10.6 Å². The lowest BCUT2D eigenvalue weighted by Gasteiger charge is -2.06.